The molecule has 1 aliphatic heterocycles. The van der Waals surface area contributed by atoms with Crippen molar-refractivity contribution < 1.29 is 27.9 Å². The van der Waals surface area contributed by atoms with E-state index >= 15 is 0 Å². The first-order valence-corrected chi connectivity index (χ1v) is 10.3. The maximum Gasteiger partial charge on any atom is 0.338 e. The number of amides is 2. The first-order chi connectivity index (χ1) is 12.8. The summed E-state index contributed by atoms with van der Waals surface area (Å²) in [5.74, 6) is -1.31. The number of methoxy groups -OCH3 is 1. The van der Waals surface area contributed by atoms with E-state index in [9.17, 15) is 23.1 Å². The molecule has 0 spiro atoms. The average molecular weight is 408 g/mol. The third kappa shape index (κ3) is 3.96. The Morgan fingerprint density at radius 2 is 1.96 bits per heavy atom. The zero-order valence-corrected chi connectivity index (χ0v) is 15.8. The molecule has 27 heavy (non-hydrogen) atoms. The number of carbonyl (C=O) groups is 2. The molecule has 0 aliphatic carbocycles. The standard InChI is InChI=1S/C17H16N2O6S2/c1-25-16(21)14-12(9-27(23,24)13-3-2-8-26-13)18-17(22)19-15(14)10-4-6-11(20)7-5-10/h2-8,15,20H,9H2,1H3,(H2,18,19,22). The van der Waals surface area contributed by atoms with Crippen LogP contribution in [0.1, 0.15) is 11.6 Å². The molecule has 3 N–H and O–H groups in total. The molecule has 0 fully saturated rings. The summed E-state index contributed by atoms with van der Waals surface area (Å²) in [5, 5.41) is 16.1. The van der Waals surface area contributed by atoms with Crippen LogP contribution in [-0.2, 0) is 19.4 Å². The van der Waals surface area contributed by atoms with Gasteiger partial charge in [0.15, 0.2) is 9.84 Å². The molecular weight excluding hydrogens is 392 g/mol. The van der Waals surface area contributed by atoms with Crippen molar-refractivity contribution in [2.45, 2.75) is 10.3 Å². The largest absolute Gasteiger partial charge is 0.508 e. The summed E-state index contributed by atoms with van der Waals surface area (Å²) in [6.45, 7) is 0. The highest BCUT2D eigenvalue weighted by atomic mass is 32.2. The van der Waals surface area contributed by atoms with Crippen LogP contribution in [0.3, 0.4) is 0 Å². The van der Waals surface area contributed by atoms with Crippen LogP contribution in [0.2, 0.25) is 0 Å². The molecular formula is C17H16N2O6S2. The Hall–Kier alpha value is -2.85. The fourth-order valence-electron chi connectivity index (χ4n) is 2.70. The summed E-state index contributed by atoms with van der Waals surface area (Å²) in [7, 11) is -2.58. The summed E-state index contributed by atoms with van der Waals surface area (Å²) in [4.78, 5) is 24.5. The lowest BCUT2D eigenvalue weighted by Crippen LogP contribution is -2.47. The van der Waals surface area contributed by atoms with Gasteiger partial charge in [0.2, 0.25) is 0 Å². The van der Waals surface area contributed by atoms with E-state index in [2.05, 4.69) is 10.6 Å². The Morgan fingerprint density at radius 1 is 1.26 bits per heavy atom. The second-order valence-electron chi connectivity index (χ2n) is 5.70. The van der Waals surface area contributed by atoms with Crippen LogP contribution in [0.5, 0.6) is 5.75 Å². The topological polar surface area (TPSA) is 122 Å². The molecule has 2 amide bonds. The second-order valence-corrected chi connectivity index (χ2v) is 8.86. The van der Waals surface area contributed by atoms with Crippen LogP contribution in [0.15, 0.2) is 57.3 Å². The smallest absolute Gasteiger partial charge is 0.338 e. The van der Waals surface area contributed by atoms with Crippen molar-refractivity contribution in [2.75, 3.05) is 12.9 Å². The molecule has 2 heterocycles. The molecule has 0 saturated carbocycles. The number of esters is 1. The lowest BCUT2D eigenvalue weighted by molar-refractivity contribution is -0.136. The van der Waals surface area contributed by atoms with Crippen LogP contribution in [0, 0.1) is 0 Å². The maximum atomic E-state index is 12.6. The van der Waals surface area contributed by atoms with Gasteiger partial charge in [-0.3, -0.25) is 0 Å². The predicted molar refractivity (Wildman–Crippen MR) is 97.9 cm³/mol. The minimum Gasteiger partial charge on any atom is -0.508 e. The molecule has 3 rings (SSSR count). The summed E-state index contributed by atoms with van der Waals surface area (Å²) in [6.07, 6.45) is 0. The molecule has 1 unspecified atom stereocenters. The SMILES string of the molecule is COC(=O)C1=C(CS(=O)(=O)c2cccs2)NC(=O)NC1c1ccc(O)cc1. The zero-order chi connectivity index (χ0) is 19.6. The Bertz CT molecular complexity index is 995. The van der Waals surface area contributed by atoms with Crippen molar-refractivity contribution >= 4 is 33.2 Å². The van der Waals surface area contributed by atoms with Crippen LogP contribution in [0.25, 0.3) is 0 Å². The number of thiophene rings is 1. The van der Waals surface area contributed by atoms with Crippen LogP contribution in [0.4, 0.5) is 4.79 Å². The van der Waals surface area contributed by atoms with E-state index in [1.807, 2.05) is 0 Å². The average Bonchev–Trinajstić information content (AvgIpc) is 3.16. The fourth-order valence-corrected chi connectivity index (χ4v) is 5.12. The summed E-state index contributed by atoms with van der Waals surface area (Å²) in [5.41, 5.74) is 0.439. The molecule has 1 aliphatic rings. The number of rotatable bonds is 5. The van der Waals surface area contributed by atoms with Crippen molar-refractivity contribution in [3.8, 4) is 5.75 Å². The number of benzene rings is 1. The summed E-state index contributed by atoms with van der Waals surface area (Å²) in [6, 6.07) is 7.37. The normalized spacial score (nSPS) is 17.2. The van der Waals surface area contributed by atoms with Crippen LogP contribution < -0.4 is 10.6 Å². The molecule has 0 radical (unpaired) electrons. The second kappa shape index (κ2) is 7.41. The van der Waals surface area contributed by atoms with Crippen molar-refractivity contribution in [1.82, 2.24) is 10.6 Å². The number of aromatic hydroxyl groups is 1. The van der Waals surface area contributed by atoms with Crippen molar-refractivity contribution in [3.05, 3.63) is 58.6 Å². The third-order valence-electron chi connectivity index (χ3n) is 3.92. The Morgan fingerprint density at radius 3 is 2.56 bits per heavy atom. The molecule has 0 bridgehead atoms. The van der Waals surface area contributed by atoms with Gasteiger partial charge in [0.1, 0.15) is 9.96 Å². The molecule has 1 atom stereocenters. The van der Waals surface area contributed by atoms with Crippen molar-refractivity contribution in [3.63, 3.8) is 0 Å². The number of hydrogen-bond acceptors (Lipinski definition) is 7. The highest BCUT2D eigenvalue weighted by molar-refractivity contribution is 7.93. The van der Waals surface area contributed by atoms with Gasteiger partial charge in [0.25, 0.3) is 0 Å². The first kappa shape index (κ1) is 18.9. The third-order valence-corrected chi connectivity index (χ3v) is 7.05. The van der Waals surface area contributed by atoms with Gasteiger partial charge in [0.05, 0.1) is 24.5 Å². The van der Waals surface area contributed by atoms with Gasteiger partial charge in [-0.05, 0) is 29.1 Å². The molecule has 0 saturated heterocycles. The molecule has 1 aromatic carbocycles. The predicted octanol–water partition coefficient (Wildman–Crippen LogP) is 1.71. The van der Waals surface area contributed by atoms with Crippen LogP contribution in [-0.4, -0.2) is 38.4 Å². The lowest BCUT2D eigenvalue weighted by Gasteiger charge is -2.29. The zero-order valence-electron chi connectivity index (χ0n) is 14.1. The van der Waals surface area contributed by atoms with E-state index in [-0.39, 0.29) is 21.2 Å². The summed E-state index contributed by atoms with van der Waals surface area (Å²) >= 11 is 1.05. The number of urea groups is 1. The highest BCUT2D eigenvalue weighted by Crippen LogP contribution is 2.30. The minimum absolute atomic E-state index is 0.0112. The first-order valence-electron chi connectivity index (χ1n) is 7.76. The number of hydrogen-bond donors (Lipinski definition) is 3. The van der Waals surface area contributed by atoms with Gasteiger partial charge < -0.3 is 20.5 Å². The number of carbonyl (C=O) groups excluding carboxylic acids is 2. The quantitative estimate of drug-likeness (QED) is 0.648. The maximum absolute atomic E-state index is 12.6. The van der Waals surface area contributed by atoms with E-state index < -0.39 is 33.6 Å². The van der Waals surface area contributed by atoms with E-state index in [4.69, 9.17) is 4.74 Å². The number of phenols is 1. The van der Waals surface area contributed by atoms with Gasteiger partial charge >= 0.3 is 12.0 Å². The highest BCUT2D eigenvalue weighted by Gasteiger charge is 2.35. The van der Waals surface area contributed by atoms with E-state index in [1.54, 1.807) is 11.4 Å². The number of nitrogens with one attached hydrogen (secondary N) is 2. The Labute approximate surface area is 159 Å². The van der Waals surface area contributed by atoms with Gasteiger partial charge in [-0.2, -0.15) is 0 Å². The van der Waals surface area contributed by atoms with Gasteiger partial charge in [-0.25, -0.2) is 18.0 Å². The number of phenolic OH excluding ortho intramolecular Hbond substituents is 1. The van der Waals surface area contributed by atoms with Gasteiger partial charge in [-0.1, -0.05) is 18.2 Å². The van der Waals surface area contributed by atoms with Crippen LogP contribution >= 0.6 is 11.3 Å². The van der Waals surface area contributed by atoms with E-state index in [0.29, 0.717) is 5.56 Å². The van der Waals surface area contributed by atoms with Gasteiger partial charge in [0, 0.05) is 5.70 Å². The molecule has 8 nitrogen and oxygen atoms in total. The molecule has 2 aromatic rings. The van der Waals surface area contributed by atoms with E-state index in [1.165, 1.54) is 37.4 Å². The monoisotopic (exact) mass is 408 g/mol. The minimum atomic E-state index is -3.76. The fraction of sp³-hybridized carbons (Fsp3) is 0.176. The molecule has 142 valence electrons. The Balaban J connectivity index is 2.09. The molecule has 10 heteroatoms. The number of ether oxygens (including phenoxy) is 1. The van der Waals surface area contributed by atoms with E-state index in [0.717, 1.165) is 11.3 Å². The Kier molecular flexibility index (Phi) is 5.19. The van der Waals surface area contributed by atoms with Gasteiger partial charge in [-0.15, -0.1) is 11.3 Å². The summed E-state index contributed by atoms with van der Waals surface area (Å²) < 4.78 is 30.2. The van der Waals surface area contributed by atoms with Crippen molar-refractivity contribution in [1.29, 1.82) is 0 Å². The lowest BCUT2D eigenvalue weighted by atomic mass is 9.95. The molecule has 1 aromatic heterocycles. The van der Waals surface area contributed by atoms with Crippen molar-refractivity contribution in [2.24, 2.45) is 0 Å². The number of sulfone groups is 1.